The summed E-state index contributed by atoms with van der Waals surface area (Å²) in [6.07, 6.45) is 2.10. The third-order valence-corrected chi connectivity index (χ3v) is 3.92. The number of hydrogen-bond donors (Lipinski definition) is 3. The van der Waals surface area contributed by atoms with E-state index in [-0.39, 0.29) is 5.69 Å². The number of hydroxylamine groups is 1. The van der Waals surface area contributed by atoms with Crippen LogP contribution in [-0.4, -0.2) is 24.3 Å². The Bertz CT molecular complexity index is 938. The predicted octanol–water partition coefficient (Wildman–Crippen LogP) is 4.12. The number of nitrogens with zero attached hydrogens (tertiary/aromatic N) is 1. The molecule has 0 saturated carbocycles. The molecule has 0 atom stereocenters. The molecule has 0 aliphatic heterocycles. The fourth-order valence-corrected chi connectivity index (χ4v) is 2.50. The summed E-state index contributed by atoms with van der Waals surface area (Å²) in [4.78, 5) is 21.3. The van der Waals surface area contributed by atoms with E-state index < -0.39 is 40.2 Å². The second-order valence-electron chi connectivity index (χ2n) is 5.02. The molecule has 0 aromatic heterocycles. The van der Waals surface area contributed by atoms with Crippen LogP contribution in [0.2, 0.25) is 0 Å². The summed E-state index contributed by atoms with van der Waals surface area (Å²) in [5.41, 5.74) is 0.283. The smallest absolute Gasteiger partial charge is 0.286 e. The zero-order valence-electron chi connectivity index (χ0n) is 14.2. The minimum atomic E-state index is -1.44. The summed E-state index contributed by atoms with van der Waals surface area (Å²) in [6, 6.07) is 4.98. The molecule has 0 aliphatic carbocycles. The molecule has 0 unspecified atom stereocenters. The maximum absolute atomic E-state index is 14.7. The van der Waals surface area contributed by atoms with E-state index >= 15 is 0 Å². The molecule has 0 radical (unpaired) electrons. The maximum Gasteiger partial charge on any atom is 0.286 e. The normalized spacial score (nSPS) is 11.0. The first kappa shape index (κ1) is 21.3. The van der Waals surface area contributed by atoms with Crippen LogP contribution in [0.4, 0.5) is 24.5 Å². The summed E-state index contributed by atoms with van der Waals surface area (Å²) < 4.78 is 43.7. The van der Waals surface area contributed by atoms with Crippen LogP contribution >= 0.6 is 22.6 Å². The van der Waals surface area contributed by atoms with Gasteiger partial charge in [-0.25, -0.2) is 13.2 Å². The van der Waals surface area contributed by atoms with E-state index in [1.54, 1.807) is 0 Å². The van der Waals surface area contributed by atoms with Crippen LogP contribution in [0.15, 0.2) is 41.9 Å². The fraction of sp³-hybridized carbons (Fsp3) is 0.0588. The van der Waals surface area contributed by atoms with Crippen molar-refractivity contribution in [1.29, 1.82) is 0 Å². The van der Waals surface area contributed by atoms with Gasteiger partial charge in [0.2, 0.25) is 0 Å². The molecule has 2 aromatic carbocycles. The maximum atomic E-state index is 14.7. The molecule has 3 N–H and O–H groups in total. The Morgan fingerprint density at radius 3 is 2.64 bits per heavy atom. The SMILES string of the molecule is CO/N=C/c1cc(C(=O)NO/C=C/O)c(Nc2ccc(I)cc2F)c(F)c1F. The number of nitrogens with one attached hydrogen (secondary N) is 2. The van der Waals surface area contributed by atoms with Crippen molar-refractivity contribution in [1.82, 2.24) is 5.48 Å². The van der Waals surface area contributed by atoms with Gasteiger partial charge in [0.05, 0.1) is 23.2 Å². The Kier molecular flexibility index (Phi) is 7.49. The van der Waals surface area contributed by atoms with Crippen molar-refractivity contribution >= 4 is 46.1 Å². The molecular formula is C17H13F3IN3O4. The Hall–Kier alpha value is -2.96. The first-order valence-corrected chi connectivity index (χ1v) is 8.52. The van der Waals surface area contributed by atoms with Gasteiger partial charge < -0.3 is 20.1 Å². The number of anilines is 2. The molecule has 1 amide bonds. The summed E-state index contributed by atoms with van der Waals surface area (Å²) in [5.74, 6) is -4.51. The summed E-state index contributed by atoms with van der Waals surface area (Å²) >= 11 is 1.88. The van der Waals surface area contributed by atoms with Gasteiger partial charge in [0.25, 0.3) is 5.91 Å². The van der Waals surface area contributed by atoms with E-state index in [1.165, 1.54) is 25.3 Å². The number of amides is 1. The second kappa shape index (κ2) is 9.82. The number of carbonyl (C=O) groups excluding carboxylic acids is 1. The highest BCUT2D eigenvalue weighted by atomic mass is 127. The number of rotatable bonds is 7. The standard InChI is InChI=1S/C17H13F3IN3O4/c1-27-22-8-9-6-11(17(26)24-28-5-4-25)16(15(20)14(9)19)23-13-3-2-10(21)7-12(13)18/h2-8,23,25H,1H3,(H,24,26)/b5-4+,22-8+. The van der Waals surface area contributed by atoms with E-state index in [1.807, 2.05) is 28.1 Å². The molecule has 0 heterocycles. The quantitative estimate of drug-likeness (QED) is 0.227. The van der Waals surface area contributed by atoms with Crippen molar-refractivity contribution < 1.29 is 32.7 Å². The first-order chi connectivity index (χ1) is 13.4. The zero-order chi connectivity index (χ0) is 20.7. The lowest BCUT2D eigenvalue weighted by atomic mass is 10.1. The Morgan fingerprint density at radius 1 is 1.25 bits per heavy atom. The monoisotopic (exact) mass is 507 g/mol. The highest BCUT2D eigenvalue weighted by Crippen LogP contribution is 2.30. The van der Waals surface area contributed by atoms with E-state index in [9.17, 15) is 18.0 Å². The lowest BCUT2D eigenvalue weighted by Gasteiger charge is -2.15. The van der Waals surface area contributed by atoms with Gasteiger partial charge in [-0.15, -0.1) is 0 Å². The highest BCUT2D eigenvalue weighted by molar-refractivity contribution is 14.1. The molecule has 7 nitrogen and oxygen atoms in total. The van der Waals surface area contributed by atoms with Crippen LogP contribution < -0.4 is 10.8 Å². The minimum Gasteiger partial charge on any atom is -0.512 e. The van der Waals surface area contributed by atoms with Crippen molar-refractivity contribution in [3.63, 3.8) is 0 Å². The van der Waals surface area contributed by atoms with Gasteiger partial charge in [0.15, 0.2) is 17.9 Å². The average Bonchev–Trinajstić information content (AvgIpc) is 2.66. The van der Waals surface area contributed by atoms with Crippen molar-refractivity contribution in [2.75, 3.05) is 12.4 Å². The van der Waals surface area contributed by atoms with Gasteiger partial charge >= 0.3 is 0 Å². The number of carbonyl (C=O) groups is 1. The first-order valence-electron chi connectivity index (χ1n) is 7.44. The van der Waals surface area contributed by atoms with Crippen molar-refractivity contribution in [2.45, 2.75) is 0 Å². The third kappa shape index (κ3) is 5.06. The lowest BCUT2D eigenvalue weighted by Crippen LogP contribution is -2.23. The number of hydrogen-bond acceptors (Lipinski definition) is 6. The topological polar surface area (TPSA) is 92.2 Å². The molecular weight excluding hydrogens is 494 g/mol. The molecule has 28 heavy (non-hydrogen) atoms. The number of aliphatic hydroxyl groups is 1. The van der Waals surface area contributed by atoms with Gasteiger partial charge in [-0.1, -0.05) is 5.16 Å². The summed E-state index contributed by atoms with van der Waals surface area (Å²) in [5, 5.41) is 14.2. The van der Waals surface area contributed by atoms with Gasteiger partial charge in [-0.3, -0.25) is 4.79 Å². The summed E-state index contributed by atoms with van der Waals surface area (Å²) in [6.45, 7) is 0. The predicted molar refractivity (Wildman–Crippen MR) is 104 cm³/mol. The van der Waals surface area contributed by atoms with Crippen LogP contribution in [0.3, 0.4) is 0 Å². The van der Waals surface area contributed by atoms with Crippen LogP contribution in [0.1, 0.15) is 15.9 Å². The number of halogens is 4. The van der Waals surface area contributed by atoms with Crippen LogP contribution in [0.25, 0.3) is 0 Å². The van der Waals surface area contributed by atoms with Crippen molar-refractivity contribution in [3.05, 3.63) is 68.9 Å². The number of oxime groups is 1. The highest BCUT2D eigenvalue weighted by Gasteiger charge is 2.23. The van der Waals surface area contributed by atoms with Gasteiger partial charge in [0, 0.05) is 9.13 Å². The zero-order valence-corrected chi connectivity index (χ0v) is 16.3. The van der Waals surface area contributed by atoms with Crippen LogP contribution in [0, 0.1) is 21.0 Å². The molecule has 0 bridgehead atoms. The molecule has 148 valence electrons. The number of benzene rings is 2. The molecule has 0 aliphatic rings. The van der Waals surface area contributed by atoms with Crippen molar-refractivity contribution in [2.24, 2.45) is 5.16 Å². The van der Waals surface area contributed by atoms with E-state index in [0.717, 1.165) is 18.5 Å². The minimum absolute atomic E-state index is 0.178. The summed E-state index contributed by atoms with van der Waals surface area (Å²) in [7, 11) is 1.20. The van der Waals surface area contributed by atoms with Crippen molar-refractivity contribution in [3.8, 4) is 0 Å². The van der Waals surface area contributed by atoms with Gasteiger partial charge in [-0.2, -0.15) is 5.48 Å². The van der Waals surface area contributed by atoms with Crippen LogP contribution in [-0.2, 0) is 9.68 Å². The van der Waals surface area contributed by atoms with Gasteiger partial charge in [0.1, 0.15) is 19.2 Å². The fourth-order valence-electron chi connectivity index (χ4n) is 2.05. The Labute approximate surface area is 170 Å². The van der Waals surface area contributed by atoms with E-state index in [0.29, 0.717) is 9.83 Å². The van der Waals surface area contributed by atoms with Crippen LogP contribution in [0.5, 0.6) is 0 Å². The molecule has 0 spiro atoms. The largest absolute Gasteiger partial charge is 0.512 e. The molecule has 2 rings (SSSR count). The lowest BCUT2D eigenvalue weighted by molar-refractivity contribution is 0.0646. The second-order valence-corrected chi connectivity index (χ2v) is 6.26. The molecule has 0 saturated heterocycles. The van der Waals surface area contributed by atoms with Gasteiger partial charge in [-0.05, 0) is 46.9 Å². The van der Waals surface area contributed by atoms with E-state index in [2.05, 4.69) is 20.1 Å². The Morgan fingerprint density at radius 2 is 2.00 bits per heavy atom. The Balaban J connectivity index is 2.55. The molecule has 2 aromatic rings. The molecule has 11 heteroatoms. The van der Waals surface area contributed by atoms with E-state index in [4.69, 9.17) is 5.11 Å². The molecule has 0 fully saturated rings. The average molecular weight is 507 g/mol. The third-order valence-electron chi connectivity index (χ3n) is 3.25. The number of aliphatic hydroxyl groups excluding tert-OH is 1.